The molecule has 1 aliphatic heterocycles. The van der Waals surface area contributed by atoms with Crippen LogP contribution in [0.5, 0.6) is 0 Å². The molecule has 2 amide bonds. The summed E-state index contributed by atoms with van der Waals surface area (Å²) in [4.78, 5) is 50.2. The van der Waals surface area contributed by atoms with Crippen LogP contribution in [0, 0.1) is 5.89 Å². The molecule has 8 nitrogen and oxygen atoms in total. The molecule has 0 spiro atoms. The van der Waals surface area contributed by atoms with Crippen LogP contribution in [-0.4, -0.2) is 55.5 Å². The average Bonchev–Trinajstić information content (AvgIpc) is 2.72. The Labute approximate surface area is 140 Å². The van der Waals surface area contributed by atoms with Gasteiger partial charge >= 0.3 is 11.9 Å². The highest BCUT2D eigenvalue weighted by atomic mass is 16.5. The lowest BCUT2D eigenvalue weighted by Crippen LogP contribution is -2.51. The van der Waals surface area contributed by atoms with Crippen LogP contribution in [-0.2, 0) is 35.2 Å². The van der Waals surface area contributed by atoms with Gasteiger partial charge in [-0.05, 0) is 5.56 Å². The SMILES string of the molecule is [2H]C1(C(=O)OC)C(=O)N(Cc2ccccc2)CC(=O)NC1C(=O)OC. The zero-order chi connectivity index (χ0) is 18.6. The van der Waals surface area contributed by atoms with E-state index in [4.69, 9.17) is 1.37 Å². The van der Waals surface area contributed by atoms with E-state index in [2.05, 4.69) is 14.8 Å². The van der Waals surface area contributed by atoms with Crippen LogP contribution in [0.1, 0.15) is 6.93 Å². The van der Waals surface area contributed by atoms with E-state index in [1.165, 1.54) is 0 Å². The Morgan fingerprint density at radius 3 is 2.42 bits per heavy atom. The molecule has 1 aromatic rings. The second kappa shape index (κ2) is 7.58. The minimum atomic E-state index is -2.68. The number of hydrogen-bond acceptors (Lipinski definition) is 6. The molecule has 128 valence electrons. The van der Waals surface area contributed by atoms with E-state index in [9.17, 15) is 19.2 Å². The van der Waals surface area contributed by atoms with Crippen molar-refractivity contribution in [2.24, 2.45) is 5.89 Å². The van der Waals surface area contributed by atoms with Gasteiger partial charge in [-0.1, -0.05) is 30.3 Å². The van der Waals surface area contributed by atoms with Gasteiger partial charge < -0.3 is 19.7 Å². The van der Waals surface area contributed by atoms with Gasteiger partial charge in [0.1, 0.15) is 6.04 Å². The average molecular weight is 335 g/mol. The van der Waals surface area contributed by atoms with Crippen molar-refractivity contribution in [1.29, 1.82) is 0 Å². The van der Waals surface area contributed by atoms with Gasteiger partial charge in [0.15, 0.2) is 5.89 Å². The van der Waals surface area contributed by atoms with Crippen molar-refractivity contribution in [3.63, 3.8) is 0 Å². The van der Waals surface area contributed by atoms with Crippen molar-refractivity contribution < 1.29 is 30.0 Å². The van der Waals surface area contributed by atoms with E-state index in [0.717, 1.165) is 19.1 Å². The first-order chi connectivity index (χ1) is 11.8. The number of carbonyl (C=O) groups is 4. The fourth-order valence-corrected chi connectivity index (χ4v) is 2.36. The molecule has 1 saturated heterocycles. The highest BCUT2D eigenvalue weighted by Gasteiger charge is 2.46. The first kappa shape index (κ1) is 16.0. The number of hydrogen-bond donors (Lipinski definition) is 1. The second-order valence-electron chi connectivity index (χ2n) is 5.08. The van der Waals surface area contributed by atoms with Gasteiger partial charge in [0, 0.05) is 6.54 Å². The number of ether oxygens (including phenoxy) is 2. The Bertz CT molecular complexity index is 695. The molecular weight excluding hydrogens is 316 g/mol. The minimum absolute atomic E-state index is 0.00138. The highest BCUT2D eigenvalue weighted by molar-refractivity contribution is 6.06. The van der Waals surface area contributed by atoms with E-state index in [1.807, 2.05) is 0 Å². The molecule has 2 atom stereocenters. The first-order valence-electron chi connectivity index (χ1n) is 7.63. The molecule has 1 N–H and O–H groups in total. The molecule has 1 aromatic carbocycles. The van der Waals surface area contributed by atoms with E-state index in [-0.39, 0.29) is 6.54 Å². The third-order valence-corrected chi connectivity index (χ3v) is 3.50. The fraction of sp³-hybridized carbons (Fsp3) is 0.375. The van der Waals surface area contributed by atoms with Crippen LogP contribution in [0.15, 0.2) is 30.3 Å². The van der Waals surface area contributed by atoms with Crippen LogP contribution >= 0.6 is 0 Å². The van der Waals surface area contributed by atoms with Crippen LogP contribution < -0.4 is 5.32 Å². The first-order valence-corrected chi connectivity index (χ1v) is 7.13. The summed E-state index contributed by atoms with van der Waals surface area (Å²) >= 11 is 0. The Kier molecular flexibility index (Phi) is 5.05. The summed E-state index contributed by atoms with van der Waals surface area (Å²) in [6, 6.07) is 6.96. The van der Waals surface area contributed by atoms with Crippen molar-refractivity contribution in [3.8, 4) is 0 Å². The maximum absolute atomic E-state index is 12.9. The van der Waals surface area contributed by atoms with Gasteiger partial charge in [0.05, 0.1) is 22.1 Å². The number of esters is 2. The largest absolute Gasteiger partial charge is 0.468 e. The third-order valence-electron chi connectivity index (χ3n) is 3.50. The molecular formula is C16H18N2O6. The van der Waals surface area contributed by atoms with Crippen molar-refractivity contribution in [2.45, 2.75) is 12.6 Å². The van der Waals surface area contributed by atoms with Gasteiger partial charge in [-0.15, -0.1) is 0 Å². The fourth-order valence-electron chi connectivity index (χ4n) is 2.36. The lowest BCUT2D eigenvalue weighted by molar-refractivity contribution is -0.160. The number of methoxy groups -OCH3 is 2. The Balaban J connectivity index is 2.45. The normalized spacial score (nSPS) is 24.5. The molecule has 1 heterocycles. The summed E-state index contributed by atoms with van der Waals surface area (Å²) in [5, 5.41) is 2.22. The van der Waals surface area contributed by atoms with Crippen molar-refractivity contribution in [3.05, 3.63) is 35.9 Å². The quantitative estimate of drug-likeness (QED) is 0.586. The number of nitrogens with one attached hydrogen (secondary N) is 1. The monoisotopic (exact) mass is 335 g/mol. The second-order valence-corrected chi connectivity index (χ2v) is 5.08. The molecule has 0 aliphatic carbocycles. The van der Waals surface area contributed by atoms with Crippen molar-refractivity contribution in [2.75, 3.05) is 20.8 Å². The van der Waals surface area contributed by atoms with Gasteiger partial charge in [0.2, 0.25) is 11.8 Å². The van der Waals surface area contributed by atoms with Gasteiger partial charge in [0.25, 0.3) is 0 Å². The molecule has 0 aromatic heterocycles. The molecule has 24 heavy (non-hydrogen) atoms. The number of carbonyl (C=O) groups excluding carboxylic acids is 4. The smallest absolute Gasteiger partial charge is 0.329 e. The molecule has 2 rings (SSSR count). The van der Waals surface area contributed by atoms with E-state index < -0.39 is 42.2 Å². The molecule has 0 saturated carbocycles. The van der Waals surface area contributed by atoms with Crippen molar-refractivity contribution in [1.82, 2.24) is 10.2 Å². The third kappa shape index (κ3) is 3.70. The number of benzene rings is 1. The molecule has 8 heteroatoms. The summed E-state index contributed by atoms with van der Waals surface area (Å²) in [5.74, 6) is -6.71. The van der Waals surface area contributed by atoms with Gasteiger partial charge in [-0.25, -0.2) is 4.79 Å². The predicted molar refractivity (Wildman–Crippen MR) is 81.3 cm³/mol. The highest BCUT2D eigenvalue weighted by Crippen LogP contribution is 2.18. The zero-order valence-electron chi connectivity index (χ0n) is 14.3. The number of amides is 2. The summed E-state index contributed by atoms with van der Waals surface area (Å²) in [7, 11) is 2.03. The Hall–Kier alpha value is -2.90. The van der Waals surface area contributed by atoms with Crippen LogP contribution in [0.2, 0.25) is 0 Å². The lowest BCUT2D eigenvalue weighted by atomic mass is 9.98. The summed E-state index contributed by atoms with van der Waals surface area (Å²) < 4.78 is 17.4. The minimum Gasteiger partial charge on any atom is -0.468 e. The van der Waals surface area contributed by atoms with E-state index in [0.29, 0.717) is 5.56 Å². The topological polar surface area (TPSA) is 102 Å². The van der Waals surface area contributed by atoms with E-state index >= 15 is 0 Å². The van der Waals surface area contributed by atoms with Crippen LogP contribution in [0.25, 0.3) is 0 Å². The predicted octanol–water partition coefficient (Wildman–Crippen LogP) is -0.524. The molecule has 1 aliphatic rings. The molecule has 1 fully saturated rings. The molecule has 0 bridgehead atoms. The molecule has 0 radical (unpaired) electrons. The Morgan fingerprint density at radius 1 is 1.21 bits per heavy atom. The van der Waals surface area contributed by atoms with Crippen LogP contribution in [0.3, 0.4) is 0 Å². The summed E-state index contributed by atoms with van der Waals surface area (Å²) in [6.45, 7) is -0.405. The summed E-state index contributed by atoms with van der Waals surface area (Å²) in [6.07, 6.45) is 0. The summed E-state index contributed by atoms with van der Waals surface area (Å²) in [5.41, 5.74) is 0.701. The number of nitrogens with zero attached hydrogens (tertiary/aromatic N) is 1. The maximum Gasteiger partial charge on any atom is 0.329 e. The van der Waals surface area contributed by atoms with Gasteiger partial charge in [-0.3, -0.25) is 14.4 Å². The Morgan fingerprint density at radius 2 is 1.83 bits per heavy atom. The van der Waals surface area contributed by atoms with Crippen LogP contribution in [0.4, 0.5) is 0 Å². The lowest BCUT2D eigenvalue weighted by Gasteiger charge is -2.24. The van der Waals surface area contributed by atoms with E-state index in [1.54, 1.807) is 30.3 Å². The van der Waals surface area contributed by atoms with Gasteiger partial charge in [-0.2, -0.15) is 0 Å². The van der Waals surface area contributed by atoms with Crippen molar-refractivity contribution >= 4 is 23.8 Å². The number of rotatable bonds is 4. The maximum atomic E-state index is 12.9. The standard InChI is InChI=1S/C16H18N2O6/c1-23-15(21)12-13(16(22)24-2)17-11(19)9-18(14(12)20)8-10-6-4-3-5-7-10/h3-7,12-13H,8-9H2,1-2H3,(H,17,19)/i12D. The molecule has 2 unspecified atom stereocenters. The zero-order valence-corrected chi connectivity index (χ0v) is 13.3.